The molecular formula is C30H42FNO3S. The Morgan fingerprint density at radius 1 is 1.08 bits per heavy atom. The maximum Gasteiger partial charge on any atom is 0.150 e. The summed E-state index contributed by atoms with van der Waals surface area (Å²) in [7, 11) is 0. The molecule has 1 aromatic heterocycles. The quantitative estimate of drug-likeness (QED) is 0.469. The van der Waals surface area contributed by atoms with Crippen LogP contribution in [0.15, 0.2) is 18.2 Å². The Hall–Kier alpha value is -1.08. The largest absolute Gasteiger partial charge is 0.393 e. The van der Waals surface area contributed by atoms with Gasteiger partial charge in [-0.2, -0.15) is 0 Å². The average molecular weight is 516 g/mol. The van der Waals surface area contributed by atoms with Crippen LogP contribution in [0.2, 0.25) is 0 Å². The number of aryl methyl sites for hydroxylation is 1. The van der Waals surface area contributed by atoms with Crippen molar-refractivity contribution in [2.45, 2.75) is 96.9 Å². The smallest absolute Gasteiger partial charge is 0.150 e. The molecule has 4 saturated carbocycles. The topological polar surface area (TPSA) is 73.6 Å². The minimum absolute atomic E-state index is 0.108. The van der Waals surface area contributed by atoms with E-state index in [1.165, 1.54) is 6.07 Å². The monoisotopic (exact) mass is 515 g/mol. The Morgan fingerprint density at radius 2 is 1.89 bits per heavy atom. The van der Waals surface area contributed by atoms with Crippen LogP contribution in [0, 0.1) is 52.2 Å². The lowest BCUT2D eigenvalue weighted by Crippen LogP contribution is -2.62. The second-order valence-electron chi connectivity index (χ2n) is 13.2. The zero-order chi connectivity index (χ0) is 25.4. The highest BCUT2D eigenvalue weighted by Crippen LogP contribution is 2.68. The van der Waals surface area contributed by atoms with Crippen LogP contribution in [0.4, 0.5) is 4.39 Å². The van der Waals surface area contributed by atoms with E-state index in [4.69, 9.17) is 0 Å². The van der Waals surface area contributed by atoms with Gasteiger partial charge in [-0.15, -0.1) is 11.3 Å². The number of aliphatic hydroxyl groups excluding tert-OH is 3. The molecule has 36 heavy (non-hydrogen) atoms. The molecule has 2 aromatic rings. The van der Waals surface area contributed by atoms with Crippen LogP contribution in [0.5, 0.6) is 0 Å². The minimum atomic E-state index is -0.357. The van der Waals surface area contributed by atoms with Crippen LogP contribution in [-0.2, 0) is 6.42 Å². The van der Waals surface area contributed by atoms with Gasteiger partial charge in [-0.1, -0.05) is 26.8 Å². The van der Waals surface area contributed by atoms with Gasteiger partial charge in [-0.3, -0.25) is 0 Å². The number of aromatic nitrogens is 1. The Labute approximate surface area is 218 Å². The predicted molar refractivity (Wildman–Crippen MR) is 141 cm³/mol. The second kappa shape index (κ2) is 9.00. The van der Waals surface area contributed by atoms with Gasteiger partial charge in [0.2, 0.25) is 0 Å². The molecule has 0 radical (unpaired) electrons. The van der Waals surface area contributed by atoms with Gasteiger partial charge in [0, 0.05) is 0 Å². The highest BCUT2D eigenvalue weighted by molar-refractivity contribution is 7.18. The maximum absolute atomic E-state index is 14.1. The molecule has 0 amide bonds. The van der Waals surface area contributed by atoms with Crippen molar-refractivity contribution in [3.05, 3.63) is 29.0 Å². The van der Waals surface area contributed by atoms with Gasteiger partial charge in [0.1, 0.15) is 11.3 Å². The van der Waals surface area contributed by atoms with E-state index in [2.05, 4.69) is 25.8 Å². The van der Waals surface area contributed by atoms with Gasteiger partial charge < -0.3 is 15.3 Å². The molecule has 6 heteroatoms. The van der Waals surface area contributed by atoms with Gasteiger partial charge in [-0.05, 0) is 116 Å². The minimum Gasteiger partial charge on any atom is -0.393 e. The number of rotatable bonds is 4. The first-order valence-corrected chi connectivity index (χ1v) is 15.0. The lowest BCUT2D eigenvalue weighted by atomic mass is 9.43. The summed E-state index contributed by atoms with van der Waals surface area (Å²) >= 11 is 1.59. The third-order valence-electron chi connectivity index (χ3n) is 11.7. The van der Waals surface area contributed by atoms with Crippen molar-refractivity contribution >= 4 is 21.6 Å². The fraction of sp³-hybridized carbons (Fsp3) is 0.767. The summed E-state index contributed by atoms with van der Waals surface area (Å²) in [6.07, 6.45) is 7.29. The molecule has 1 unspecified atom stereocenters. The van der Waals surface area contributed by atoms with E-state index in [1.807, 2.05) is 6.07 Å². The highest BCUT2D eigenvalue weighted by Gasteiger charge is 2.65. The first kappa shape index (κ1) is 25.2. The number of aliphatic hydroxyl groups is 3. The van der Waals surface area contributed by atoms with Crippen molar-refractivity contribution in [1.82, 2.24) is 4.98 Å². The van der Waals surface area contributed by atoms with Crippen molar-refractivity contribution in [3.63, 3.8) is 0 Å². The Morgan fingerprint density at radius 3 is 2.67 bits per heavy atom. The van der Waals surface area contributed by atoms with Crippen LogP contribution < -0.4 is 0 Å². The number of hydrogen-bond acceptors (Lipinski definition) is 5. The van der Waals surface area contributed by atoms with Crippen LogP contribution in [-0.4, -0.2) is 38.6 Å². The normalized spacial score (nSPS) is 45.2. The van der Waals surface area contributed by atoms with Gasteiger partial charge in [0.05, 0.1) is 28.0 Å². The average Bonchev–Trinajstić information content (AvgIpc) is 3.42. The van der Waals surface area contributed by atoms with Crippen LogP contribution >= 0.6 is 11.3 Å². The van der Waals surface area contributed by atoms with Gasteiger partial charge >= 0.3 is 0 Å². The molecule has 198 valence electrons. The Bertz CT molecular complexity index is 1120. The Kier molecular flexibility index (Phi) is 6.30. The SMILES string of the molecule is CC(CCc1nc2c(F)cccc2s1)[C@H]1CC[C@H]2[C@@H]3[C@H](O)C[C@@H]4C[C@H](O)CC[C@]4(C)[C@H]3C[C@H](O)[C@]12C. The molecule has 0 saturated heterocycles. The van der Waals surface area contributed by atoms with E-state index in [1.54, 1.807) is 17.4 Å². The molecule has 0 aliphatic heterocycles. The van der Waals surface area contributed by atoms with Crippen molar-refractivity contribution in [1.29, 1.82) is 0 Å². The summed E-state index contributed by atoms with van der Waals surface area (Å²) in [6.45, 7) is 7.02. The molecule has 0 bridgehead atoms. The molecule has 4 aliphatic rings. The lowest BCUT2D eigenvalue weighted by Gasteiger charge is -2.63. The fourth-order valence-corrected chi connectivity index (χ4v) is 10.7. The molecule has 4 fully saturated rings. The molecule has 3 N–H and O–H groups in total. The number of thiazole rings is 1. The molecule has 0 spiro atoms. The van der Waals surface area contributed by atoms with Crippen molar-refractivity contribution < 1.29 is 19.7 Å². The molecule has 4 aliphatic carbocycles. The van der Waals surface area contributed by atoms with Crippen LogP contribution in [0.25, 0.3) is 10.2 Å². The number of benzene rings is 1. The standard InChI is InChI=1S/C30H42FNO3S/c1-16(7-10-26-32-28-22(31)5-4-6-24(28)36-26)19-8-9-20-27-21(15-25(35)30(19,20)3)29(2)12-11-18(33)13-17(29)14-23(27)34/h4-6,16-21,23,25,27,33-35H,7-15H2,1-3H3/t16?,17-,18+,19+,20-,21-,23+,25-,27-,29-,30+/m0/s1. The number of hydrogen-bond donors (Lipinski definition) is 3. The summed E-state index contributed by atoms with van der Waals surface area (Å²) < 4.78 is 15.0. The summed E-state index contributed by atoms with van der Waals surface area (Å²) in [5.74, 6) is 1.87. The van der Waals surface area contributed by atoms with E-state index in [9.17, 15) is 19.7 Å². The lowest BCUT2D eigenvalue weighted by molar-refractivity contribution is -0.207. The zero-order valence-corrected chi connectivity index (χ0v) is 22.7. The number of para-hydroxylation sites is 1. The molecule has 1 heterocycles. The van der Waals surface area contributed by atoms with E-state index >= 15 is 0 Å². The van der Waals surface area contributed by atoms with Crippen molar-refractivity contribution in [2.75, 3.05) is 0 Å². The third-order valence-corrected chi connectivity index (χ3v) is 12.8. The van der Waals surface area contributed by atoms with Gasteiger partial charge in [-0.25, -0.2) is 9.37 Å². The van der Waals surface area contributed by atoms with E-state index in [0.717, 1.165) is 67.5 Å². The molecule has 1 aromatic carbocycles. The number of fused-ring (bicyclic) bond motifs is 6. The second-order valence-corrected chi connectivity index (χ2v) is 14.4. The van der Waals surface area contributed by atoms with Crippen molar-refractivity contribution in [2.24, 2.45) is 46.3 Å². The van der Waals surface area contributed by atoms with Crippen LogP contribution in [0.3, 0.4) is 0 Å². The summed E-state index contributed by atoms with van der Waals surface area (Å²) in [4.78, 5) is 4.58. The zero-order valence-electron chi connectivity index (χ0n) is 21.9. The molecule has 6 rings (SSSR count). The highest BCUT2D eigenvalue weighted by atomic mass is 32.1. The van der Waals surface area contributed by atoms with Gasteiger partial charge in [0.15, 0.2) is 0 Å². The number of nitrogens with zero attached hydrogens (tertiary/aromatic N) is 1. The maximum atomic E-state index is 14.1. The predicted octanol–water partition coefficient (Wildman–Crippen LogP) is 5.97. The van der Waals surface area contributed by atoms with Crippen LogP contribution in [0.1, 0.15) is 77.1 Å². The van der Waals surface area contributed by atoms with E-state index in [0.29, 0.717) is 35.1 Å². The summed E-state index contributed by atoms with van der Waals surface area (Å²) in [5.41, 5.74) is 0.413. The molecular weight excluding hydrogens is 473 g/mol. The number of halogens is 1. The van der Waals surface area contributed by atoms with Crippen molar-refractivity contribution in [3.8, 4) is 0 Å². The fourth-order valence-electron chi connectivity index (χ4n) is 9.75. The summed E-state index contributed by atoms with van der Waals surface area (Å²) in [5, 5.41) is 34.5. The van der Waals surface area contributed by atoms with E-state index < -0.39 is 0 Å². The third kappa shape index (κ3) is 3.72. The first-order valence-electron chi connectivity index (χ1n) is 14.2. The molecule has 4 nitrogen and oxygen atoms in total. The Balaban J connectivity index is 1.21. The molecule has 11 atom stereocenters. The first-order chi connectivity index (χ1) is 17.1. The van der Waals surface area contributed by atoms with E-state index in [-0.39, 0.29) is 40.9 Å². The summed E-state index contributed by atoms with van der Waals surface area (Å²) in [6, 6.07) is 5.16. The van der Waals surface area contributed by atoms with Gasteiger partial charge in [0.25, 0.3) is 0 Å².